The Hall–Kier alpha value is -1.12. The summed E-state index contributed by atoms with van der Waals surface area (Å²) in [6, 6.07) is 0. The largest absolute Gasteiger partial charge is 0.513 e. The van der Waals surface area contributed by atoms with Gasteiger partial charge in [-0.05, 0) is 0 Å². The average Bonchev–Trinajstić information content (AvgIpc) is 1.65. The third-order valence-corrected chi connectivity index (χ3v) is 0.510. The summed E-state index contributed by atoms with van der Waals surface area (Å²) in [7, 11) is 0. The summed E-state index contributed by atoms with van der Waals surface area (Å²) in [6.45, 7) is 3.25. The first-order chi connectivity index (χ1) is 3.18. The predicted molar refractivity (Wildman–Crippen MR) is 28.2 cm³/mol. The van der Waals surface area contributed by atoms with Gasteiger partial charge in [-0.25, -0.2) is 0 Å². The zero-order valence-corrected chi connectivity index (χ0v) is 3.89. The first-order valence-electron chi connectivity index (χ1n) is 1.73. The van der Waals surface area contributed by atoms with E-state index >= 15 is 0 Å². The van der Waals surface area contributed by atoms with Crippen molar-refractivity contribution < 1.29 is 5.11 Å². The highest BCUT2D eigenvalue weighted by molar-refractivity contribution is 5.18. The maximum Gasteiger partial charge on any atom is 0.104 e. The summed E-state index contributed by atoms with van der Waals surface area (Å²) >= 11 is 0. The van der Waals surface area contributed by atoms with Crippen molar-refractivity contribution in [3.05, 3.63) is 24.2 Å². The lowest BCUT2D eigenvalue weighted by molar-refractivity contribution is 0.467. The van der Waals surface area contributed by atoms with Crippen LogP contribution in [0.5, 0.6) is 0 Å². The molecule has 0 aliphatic heterocycles. The maximum atomic E-state index is 8.08. The van der Waals surface area contributed by atoms with Crippen molar-refractivity contribution in [3.8, 4) is 0 Å². The topological polar surface area (TPSA) is 72.3 Å². The van der Waals surface area contributed by atoms with Crippen LogP contribution in [0.25, 0.3) is 0 Å². The van der Waals surface area contributed by atoms with Crippen LogP contribution >= 0.6 is 0 Å². The molecule has 0 aromatic rings. The van der Waals surface area contributed by atoms with Gasteiger partial charge in [0.2, 0.25) is 0 Å². The van der Waals surface area contributed by atoms with Crippen LogP contribution in [0, 0.1) is 0 Å². The first-order valence-corrected chi connectivity index (χ1v) is 1.73. The van der Waals surface area contributed by atoms with E-state index in [1.807, 2.05) is 0 Å². The Morgan fingerprint density at radius 2 is 2.00 bits per heavy atom. The normalized spacial score (nSPS) is 11.1. The van der Waals surface area contributed by atoms with E-state index < -0.39 is 0 Å². The number of aliphatic hydroxyl groups is 1. The van der Waals surface area contributed by atoms with Gasteiger partial charge in [0.25, 0.3) is 0 Å². The molecule has 0 radical (unpaired) electrons. The van der Waals surface area contributed by atoms with E-state index in [2.05, 4.69) is 6.58 Å². The third-order valence-electron chi connectivity index (χ3n) is 0.510. The molecule has 0 amide bonds. The quantitative estimate of drug-likeness (QED) is 0.316. The number of nitrogens with two attached hydrogens (primary N) is 2. The summed E-state index contributed by atoms with van der Waals surface area (Å²) in [5, 5.41) is 8.08. The van der Waals surface area contributed by atoms with E-state index in [1.165, 1.54) is 0 Å². The molecule has 0 aromatic carbocycles. The Kier molecular flexibility index (Phi) is 1.78. The minimum Gasteiger partial charge on any atom is -0.513 e. The predicted octanol–water partition coefficient (Wildman–Crippen LogP) is -0.183. The smallest absolute Gasteiger partial charge is 0.104 e. The lowest BCUT2D eigenvalue weighted by atomic mass is 10.4. The number of hydrogen-bond acceptors (Lipinski definition) is 3. The van der Waals surface area contributed by atoms with Gasteiger partial charge in [-0.15, -0.1) is 0 Å². The number of rotatable bonds is 1. The average molecular weight is 100 g/mol. The minimum absolute atomic E-state index is 0.111. The highest BCUT2D eigenvalue weighted by Crippen LogP contribution is 1.86. The molecule has 0 rings (SSSR count). The van der Waals surface area contributed by atoms with Crippen molar-refractivity contribution in [2.24, 2.45) is 11.5 Å². The molecule has 0 atom stereocenters. The SMILES string of the molecule is C=C(N)/C(N)=C\O. The van der Waals surface area contributed by atoms with E-state index in [0.717, 1.165) is 0 Å². The van der Waals surface area contributed by atoms with Crippen LogP contribution < -0.4 is 11.5 Å². The Labute approximate surface area is 41.9 Å². The fourth-order valence-electron chi connectivity index (χ4n) is 0.0829. The summed E-state index contributed by atoms with van der Waals surface area (Å²) in [5.41, 5.74) is 10.3. The molecule has 0 spiro atoms. The van der Waals surface area contributed by atoms with Gasteiger partial charge >= 0.3 is 0 Å². The minimum atomic E-state index is 0.111. The van der Waals surface area contributed by atoms with E-state index in [9.17, 15) is 0 Å². The Balaban J connectivity index is 3.82. The Bertz CT molecular complexity index is 106. The van der Waals surface area contributed by atoms with E-state index in [1.54, 1.807) is 0 Å². The molecule has 0 aliphatic rings. The van der Waals surface area contributed by atoms with Crippen molar-refractivity contribution >= 4 is 0 Å². The van der Waals surface area contributed by atoms with Gasteiger partial charge in [0, 0.05) is 0 Å². The van der Waals surface area contributed by atoms with E-state index in [0.29, 0.717) is 6.26 Å². The highest BCUT2D eigenvalue weighted by Gasteiger charge is 1.84. The highest BCUT2D eigenvalue weighted by atomic mass is 16.2. The maximum absolute atomic E-state index is 8.08. The Morgan fingerprint density at radius 3 is 2.00 bits per heavy atom. The van der Waals surface area contributed by atoms with Gasteiger partial charge in [0.1, 0.15) is 6.26 Å². The van der Waals surface area contributed by atoms with Crippen LogP contribution in [0.3, 0.4) is 0 Å². The molecule has 0 saturated heterocycles. The van der Waals surface area contributed by atoms with Gasteiger partial charge in [-0.3, -0.25) is 0 Å². The first kappa shape index (κ1) is 5.88. The second-order valence-corrected chi connectivity index (χ2v) is 1.11. The molecule has 7 heavy (non-hydrogen) atoms. The van der Waals surface area contributed by atoms with Crippen LogP contribution in [0.15, 0.2) is 24.2 Å². The molecule has 0 aliphatic carbocycles. The summed E-state index contributed by atoms with van der Waals surface area (Å²) < 4.78 is 0. The van der Waals surface area contributed by atoms with Crippen molar-refractivity contribution in [2.45, 2.75) is 0 Å². The fourth-order valence-corrected chi connectivity index (χ4v) is 0.0829. The monoisotopic (exact) mass is 100 g/mol. The molecule has 0 heterocycles. The van der Waals surface area contributed by atoms with Gasteiger partial charge in [-0.1, -0.05) is 6.58 Å². The van der Waals surface area contributed by atoms with Crippen molar-refractivity contribution in [1.29, 1.82) is 0 Å². The lowest BCUT2D eigenvalue weighted by Gasteiger charge is -1.91. The molecule has 3 heteroatoms. The van der Waals surface area contributed by atoms with Gasteiger partial charge < -0.3 is 16.6 Å². The van der Waals surface area contributed by atoms with Crippen molar-refractivity contribution in [1.82, 2.24) is 0 Å². The number of aliphatic hydroxyl groups excluding tert-OH is 1. The zero-order chi connectivity index (χ0) is 5.86. The van der Waals surface area contributed by atoms with Crippen LogP contribution in [0.1, 0.15) is 0 Å². The molecular formula is C4H8N2O. The molecular weight excluding hydrogens is 92.1 g/mol. The molecule has 0 saturated carbocycles. The standard InChI is InChI=1S/C4H8N2O/c1-3(5)4(6)2-7/h2,7H,1,5-6H2/b4-2+. The number of hydrogen-bond donors (Lipinski definition) is 3. The van der Waals surface area contributed by atoms with E-state index in [4.69, 9.17) is 16.6 Å². The van der Waals surface area contributed by atoms with Gasteiger partial charge in [-0.2, -0.15) is 0 Å². The van der Waals surface area contributed by atoms with Crippen molar-refractivity contribution in [2.75, 3.05) is 0 Å². The van der Waals surface area contributed by atoms with E-state index in [-0.39, 0.29) is 11.4 Å². The zero-order valence-electron chi connectivity index (χ0n) is 3.89. The second-order valence-electron chi connectivity index (χ2n) is 1.11. The van der Waals surface area contributed by atoms with Crippen LogP contribution in [0.4, 0.5) is 0 Å². The van der Waals surface area contributed by atoms with Crippen molar-refractivity contribution in [3.63, 3.8) is 0 Å². The van der Waals surface area contributed by atoms with Crippen LogP contribution in [-0.4, -0.2) is 5.11 Å². The second kappa shape index (κ2) is 2.12. The molecule has 0 bridgehead atoms. The van der Waals surface area contributed by atoms with Gasteiger partial charge in [0.15, 0.2) is 0 Å². The molecule has 0 fully saturated rings. The fraction of sp³-hybridized carbons (Fsp3) is 0. The molecule has 3 nitrogen and oxygen atoms in total. The summed E-state index contributed by atoms with van der Waals surface area (Å²) in [6.07, 6.45) is 0.711. The molecule has 0 aromatic heterocycles. The molecule has 0 unspecified atom stereocenters. The van der Waals surface area contributed by atoms with Gasteiger partial charge in [0.05, 0.1) is 11.4 Å². The summed E-state index contributed by atoms with van der Waals surface area (Å²) in [5.74, 6) is 0. The Morgan fingerprint density at radius 1 is 1.57 bits per heavy atom. The lowest BCUT2D eigenvalue weighted by Crippen LogP contribution is -2.06. The van der Waals surface area contributed by atoms with Crippen LogP contribution in [0.2, 0.25) is 0 Å². The molecule has 5 N–H and O–H groups in total. The third kappa shape index (κ3) is 1.70. The van der Waals surface area contributed by atoms with Crippen LogP contribution in [-0.2, 0) is 0 Å². The summed E-state index contributed by atoms with van der Waals surface area (Å²) in [4.78, 5) is 0. The molecule has 40 valence electrons.